The van der Waals surface area contributed by atoms with Crippen LogP contribution in [0.5, 0.6) is 0 Å². The van der Waals surface area contributed by atoms with E-state index in [2.05, 4.69) is 10.2 Å². The van der Waals surface area contributed by atoms with Crippen molar-refractivity contribution in [1.82, 2.24) is 10.2 Å². The first-order valence-corrected chi connectivity index (χ1v) is 7.48. The molecule has 0 saturated carbocycles. The van der Waals surface area contributed by atoms with Crippen LogP contribution in [0.2, 0.25) is 0 Å². The van der Waals surface area contributed by atoms with E-state index in [1.54, 1.807) is 0 Å². The van der Waals surface area contributed by atoms with Gasteiger partial charge in [-0.2, -0.15) is 0 Å². The van der Waals surface area contributed by atoms with Gasteiger partial charge in [-0.1, -0.05) is 0 Å². The molecule has 98 valence electrons. The molecule has 1 N–H and O–H groups in total. The number of ether oxygens (including phenoxy) is 1. The van der Waals surface area contributed by atoms with Crippen molar-refractivity contribution in [2.75, 3.05) is 32.8 Å². The molecule has 0 bridgehead atoms. The van der Waals surface area contributed by atoms with Crippen LogP contribution in [0.15, 0.2) is 0 Å². The molecule has 3 heteroatoms. The highest BCUT2D eigenvalue weighted by Crippen LogP contribution is 2.27. The molecule has 0 aromatic heterocycles. The fraction of sp³-hybridized carbons (Fsp3) is 1.00. The van der Waals surface area contributed by atoms with E-state index in [4.69, 9.17) is 4.74 Å². The number of nitrogens with one attached hydrogen (secondary N) is 1. The Kier molecular flexibility index (Phi) is 3.99. The summed E-state index contributed by atoms with van der Waals surface area (Å²) in [6, 6.07) is 1.63. The van der Waals surface area contributed by atoms with Crippen LogP contribution in [0, 0.1) is 5.92 Å². The quantitative estimate of drug-likeness (QED) is 0.791. The summed E-state index contributed by atoms with van der Waals surface area (Å²) in [5.74, 6) is 0.911. The first-order valence-electron chi connectivity index (χ1n) is 7.48. The van der Waals surface area contributed by atoms with Crippen molar-refractivity contribution in [3.63, 3.8) is 0 Å². The summed E-state index contributed by atoms with van der Waals surface area (Å²) in [7, 11) is 0. The molecule has 3 aliphatic rings. The average molecular weight is 238 g/mol. The van der Waals surface area contributed by atoms with Gasteiger partial charge in [0, 0.05) is 31.8 Å². The summed E-state index contributed by atoms with van der Waals surface area (Å²) in [4.78, 5) is 2.76. The lowest BCUT2D eigenvalue weighted by Crippen LogP contribution is -2.49. The van der Waals surface area contributed by atoms with E-state index in [1.165, 1.54) is 58.2 Å². The molecule has 3 heterocycles. The number of likely N-dealkylation sites (tertiary alicyclic amines) is 1. The predicted molar refractivity (Wildman–Crippen MR) is 69.2 cm³/mol. The zero-order valence-electron chi connectivity index (χ0n) is 10.9. The molecule has 0 aromatic carbocycles. The van der Waals surface area contributed by atoms with Crippen molar-refractivity contribution in [1.29, 1.82) is 0 Å². The van der Waals surface area contributed by atoms with Gasteiger partial charge >= 0.3 is 0 Å². The molecule has 0 spiro atoms. The second kappa shape index (κ2) is 5.68. The van der Waals surface area contributed by atoms with Gasteiger partial charge in [0.2, 0.25) is 0 Å². The van der Waals surface area contributed by atoms with Gasteiger partial charge in [0.1, 0.15) is 0 Å². The minimum atomic E-state index is 0.813. The van der Waals surface area contributed by atoms with E-state index in [0.29, 0.717) is 0 Å². The monoisotopic (exact) mass is 238 g/mol. The number of hydrogen-bond donors (Lipinski definition) is 1. The van der Waals surface area contributed by atoms with Crippen molar-refractivity contribution < 1.29 is 4.74 Å². The summed E-state index contributed by atoms with van der Waals surface area (Å²) in [6.07, 6.45) is 8.15. The Morgan fingerprint density at radius 2 is 1.88 bits per heavy atom. The summed E-state index contributed by atoms with van der Waals surface area (Å²) < 4.78 is 5.48. The summed E-state index contributed by atoms with van der Waals surface area (Å²) in [5.41, 5.74) is 0. The maximum atomic E-state index is 5.48. The van der Waals surface area contributed by atoms with Crippen LogP contribution in [-0.2, 0) is 4.74 Å². The first-order chi connectivity index (χ1) is 8.43. The molecule has 0 radical (unpaired) electrons. The molecule has 3 nitrogen and oxygen atoms in total. The van der Waals surface area contributed by atoms with E-state index >= 15 is 0 Å². The number of nitrogens with zero attached hydrogens (tertiary/aromatic N) is 1. The van der Waals surface area contributed by atoms with Crippen molar-refractivity contribution in [2.24, 2.45) is 5.92 Å². The third-order valence-electron chi connectivity index (χ3n) is 4.86. The van der Waals surface area contributed by atoms with Crippen molar-refractivity contribution in [3.05, 3.63) is 0 Å². The zero-order valence-corrected chi connectivity index (χ0v) is 10.9. The molecule has 3 fully saturated rings. The lowest BCUT2D eigenvalue weighted by molar-refractivity contribution is 0.0144. The second-order valence-corrected chi connectivity index (χ2v) is 5.94. The van der Waals surface area contributed by atoms with Crippen molar-refractivity contribution >= 4 is 0 Å². The molecular formula is C14H26N2O. The van der Waals surface area contributed by atoms with Gasteiger partial charge < -0.3 is 10.1 Å². The third-order valence-corrected chi connectivity index (χ3v) is 4.86. The molecular weight excluding hydrogens is 212 g/mol. The maximum Gasteiger partial charge on any atom is 0.0480 e. The van der Waals surface area contributed by atoms with Crippen LogP contribution in [-0.4, -0.2) is 49.8 Å². The lowest BCUT2D eigenvalue weighted by Gasteiger charge is -2.41. The molecule has 3 aliphatic heterocycles. The summed E-state index contributed by atoms with van der Waals surface area (Å²) >= 11 is 0. The summed E-state index contributed by atoms with van der Waals surface area (Å²) in [6.45, 7) is 5.87. The Balaban J connectivity index is 1.54. The van der Waals surface area contributed by atoms with Gasteiger partial charge in [-0.3, -0.25) is 4.90 Å². The van der Waals surface area contributed by atoms with Crippen LogP contribution >= 0.6 is 0 Å². The molecule has 2 unspecified atom stereocenters. The van der Waals surface area contributed by atoms with Gasteiger partial charge in [-0.25, -0.2) is 0 Å². The largest absolute Gasteiger partial charge is 0.381 e. The van der Waals surface area contributed by atoms with Crippen LogP contribution < -0.4 is 5.32 Å². The molecule has 3 rings (SSSR count). The molecule has 0 amide bonds. The highest BCUT2D eigenvalue weighted by Gasteiger charge is 2.32. The number of piperidine rings is 1. The Hall–Kier alpha value is -0.120. The molecule has 0 aromatic rings. The average Bonchev–Trinajstić information content (AvgIpc) is 2.94. The van der Waals surface area contributed by atoms with Gasteiger partial charge in [0.15, 0.2) is 0 Å². The van der Waals surface area contributed by atoms with E-state index < -0.39 is 0 Å². The SMILES string of the molecule is C1CNC(C2CCCN(C3CCOCC3)C2)C1. The fourth-order valence-corrected chi connectivity index (χ4v) is 3.86. The minimum absolute atomic E-state index is 0.813. The Morgan fingerprint density at radius 3 is 2.65 bits per heavy atom. The van der Waals surface area contributed by atoms with Crippen LogP contribution in [0.1, 0.15) is 38.5 Å². The fourth-order valence-electron chi connectivity index (χ4n) is 3.86. The number of rotatable bonds is 2. The number of hydrogen-bond acceptors (Lipinski definition) is 3. The van der Waals surface area contributed by atoms with Gasteiger partial charge in [-0.05, 0) is 57.5 Å². The van der Waals surface area contributed by atoms with E-state index in [1.807, 2.05) is 0 Å². The van der Waals surface area contributed by atoms with Gasteiger partial charge in [0.25, 0.3) is 0 Å². The third kappa shape index (κ3) is 2.83. The maximum absolute atomic E-state index is 5.48. The Labute approximate surface area is 105 Å². The van der Waals surface area contributed by atoms with E-state index in [9.17, 15) is 0 Å². The molecule has 2 atom stereocenters. The second-order valence-electron chi connectivity index (χ2n) is 5.94. The van der Waals surface area contributed by atoms with Crippen molar-refractivity contribution in [3.8, 4) is 0 Å². The Bertz CT molecular complexity index is 234. The smallest absolute Gasteiger partial charge is 0.0480 e. The zero-order chi connectivity index (χ0) is 11.5. The lowest BCUT2D eigenvalue weighted by atomic mass is 9.88. The molecule has 0 aliphatic carbocycles. The molecule has 3 saturated heterocycles. The highest BCUT2D eigenvalue weighted by molar-refractivity contribution is 4.88. The van der Waals surface area contributed by atoms with Gasteiger partial charge in [-0.15, -0.1) is 0 Å². The first kappa shape index (κ1) is 11.9. The predicted octanol–water partition coefficient (Wildman–Crippen LogP) is 1.63. The van der Waals surface area contributed by atoms with E-state index in [-0.39, 0.29) is 0 Å². The molecule has 17 heavy (non-hydrogen) atoms. The van der Waals surface area contributed by atoms with Gasteiger partial charge in [0.05, 0.1) is 0 Å². The summed E-state index contributed by atoms with van der Waals surface area (Å²) in [5, 5.41) is 3.70. The van der Waals surface area contributed by atoms with Crippen molar-refractivity contribution in [2.45, 2.75) is 50.6 Å². The topological polar surface area (TPSA) is 24.5 Å². The van der Waals surface area contributed by atoms with E-state index in [0.717, 1.165) is 31.2 Å². The normalized spacial score (nSPS) is 37.4. The van der Waals surface area contributed by atoms with Crippen LogP contribution in [0.25, 0.3) is 0 Å². The van der Waals surface area contributed by atoms with Crippen LogP contribution in [0.4, 0.5) is 0 Å². The highest BCUT2D eigenvalue weighted by atomic mass is 16.5. The van der Waals surface area contributed by atoms with Crippen LogP contribution in [0.3, 0.4) is 0 Å². The minimum Gasteiger partial charge on any atom is -0.381 e. The Morgan fingerprint density at radius 1 is 1.00 bits per heavy atom. The standard InChI is InChI=1S/C14H26N2O/c1-4-14(15-7-1)12-3-2-8-16(11-12)13-5-9-17-10-6-13/h12-15H,1-11H2.